The molecule has 0 aliphatic carbocycles. The zero-order valence-electron chi connectivity index (χ0n) is 9.65. The second-order valence-electron chi connectivity index (χ2n) is 4.61. The van der Waals surface area contributed by atoms with Gasteiger partial charge in [-0.2, -0.15) is 0 Å². The number of phenolic OH excluding ortho intramolecular Hbond substituents is 1. The van der Waals surface area contributed by atoms with Crippen LogP contribution in [0.5, 0.6) is 11.5 Å². The molecule has 0 radical (unpaired) electrons. The topological polar surface area (TPSA) is 66.8 Å². The Hall–Kier alpha value is -1.71. The minimum absolute atomic E-state index is 0.190. The van der Waals surface area contributed by atoms with Crippen molar-refractivity contribution in [2.45, 2.75) is 26.2 Å². The number of rotatable bonds is 3. The molecule has 0 amide bonds. The number of phenols is 1. The fourth-order valence-electron chi connectivity index (χ4n) is 1.35. The van der Waals surface area contributed by atoms with Gasteiger partial charge in [-0.1, -0.05) is 20.8 Å². The third-order valence-electron chi connectivity index (χ3n) is 2.14. The summed E-state index contributed by atoms with van der Waals surface area (Å²) in [6.45, 7) is 5.50. The second kappa shape index (κ2) is 4.43. The molecule has 0 bridgehead atoms. The highest BCUT2D eigenvalue weighted by atomic mass is 16.5. The minimum atomic E-state index is -1.02. The molecule has 0 heterocycles. The molecule has 16 heavy (non-hydrogen) atoms. The fraction of sp³-hybridized carbons (Fsp3) is 0.417. The van der Waals surface area contributed by atoms with Crippen LogP contribution in [-0.4, -0.2) is 22.8 Å². The molecule has 1 aromatic rings. The summed E-state index contributed by atoms with van der Waals surface area (Å²) in [4.78, 5) is 10.3. The Kier molecular flexibility index (Phi) is 3.42. The van der Waals surface area contributed by atoms with Crippen LogP contribution in [0, 0.1) is 0 Å². The number of hydrogen-bond donors (Lipinski definition) is 2. The molecule has 0 saturated heterocycles. The summed E-state index contributed by atoms with van der Waals surface area (Å²) in [5.74, 6) is -0.384. The SMILES string of the molecule is CC(C)(C)c1cc(OCC(=O)O)ccc1O. The molecule has 1 rings (SSSR count). The maximum Gasteiger partial charge on any atom is 0.341 e. The summed E-state index contributed by atoms with van der Waals surface area (Å²) in [6, 6.07) is 4.73. The van der Waals surface area contributed by atoms with E-state index in [2.05, 4.69) is 0 Å². The summed E-state index contributed by atoms with van der Waals surface area (Å²) in [6.07, 6.45) is 0. The molecule has 4 nitrogen and oxygen atoms in total. The molecule has 4 heteroatoms. The minimum Gasteiger partial charge on any atom is -0.508 e. The Bertz CT molecular complexity index is 390. The molecule has 0 saturated carbocycles. The predicted molar refractivity (Wildman–Crippen MR) is 59.9 cm³/mol. The van der Waals surface area contributed by atoms with Crippen LogP contribution in [0.4, 0.5) is 0 Å². The third-order valence-corrected chi connectivity index (χ3v) is 2.14. The number of hydrogen-bond acceptors (Lipinski definition) is 3. The van der Waals surface area contributed by atoms with Crippen molar-refractivity contribution in [2.75, 3.05) is 6.61 Å². The summed E-state index contributed by atoms with van der Waals surface area (Å²) in [7, 11) is 0. The van der Waals surface area contributed by atoms with E-state index in [1.54, 1.807) is 12.1 Å². The summed E-state index contributed by atoms with van der Waals surface area (Å²) in [5.41, 5.74) is 0.516. The van der Waals surface area contributed by atoms with Crippen molar-refractivity contribution in [1.29, 1.82) is 0 Å². The van der Waals surface area contributed by atoms with Crippen LogP contribution in [-0.2, 0) is 10.2 Å². The van der Waals surface area contributed by atoms with Gasteiger partial charge in [-0.05, 0) is 23.6 Å². The quantitative estimate of drug-likeness (QED) is 0.825. The first-order valence-electron chi connectivity index (χ1n) is 4.99. The lowest BCUT2D eigenvalue weighted by atomic mass is 9.86. The Morgan fingerprint density at radius 3 is 2.50 bits per heavy atom. The number of carboxylic acids is 1. The summed E-state index contributed by atoms with van der Waals surface area (Å²) < 4.78 is 5.05. The highest BCUT2D eigenvalue weighted by molar-refractivity contribution is 5.68. The number of carbonyl (C=O) groups is 1. The van der Waals surface area contributed by atoms with Gasteiger partial charge in [-0.15, -0.1) is 0 Å². The number of carboxylic acid groups (broad SMARTS) is 1. The molecule has 1 aromatic carbocycles. The van der Waals surface area contributed by atoms with Crippen molar-refractivity contribution in [1.82, 2.24) is 0 Å². The molecule has 0 aliphatic heterocycles. The lowest BCUT2D eigenvalue weighted by molar-refractivity contribution is -0.139. The van der Waals surface area contributed by atoms with Crippen LogP contribution in [0.3, 0.4) is 0 Å². The average molecular weight is 224 g/mol. The second-order valence-corrected chi connectivity index (χ2v) is 4.61. The van der Waals surface area contributed by atoms with Crippen molar-refractivity contribution in [2.24, 2.45) is 0 Å². The number of aliphatic carboxylic acids is 1. The smallest absolute Gasteiger partial charge is 0.341 e. The third kappa shape index (κ3) is 3.15. The van der Waals surface area contributed by atoms with Gasteiger partial charge in [0.15, 0.2) is 6.61 Å². The fourth-order valence-corrected chi connectivity index (χ4v) is 1.35. The lowest BCUT2D eigenvalue weighted by Gasteiger charge is -2.21. The first kappa shape index (κ1) is 12.4. The van der Waals surface area contributed by atoms with E-state index < -0.39 is 5.97 Å². The van der Waals surface area contributed by atoms with Crippen LogP contribution in [0.15, 0.2) is 18.2 Å². The zero-order chi connectivity index (χ0) is 12.3. The van der Waals surface area contributed by atoms with Gasteiger partial charge >= 0.3 is 5.97 Å². The molecule has 0 unspecified atom stereocenters. The molecule has 0 aromatic heterocycles. The largest absolute Gasteiger partial charge is 0.508 e. The summed E-state index contributed by atoms with van der Waals surface area (Å²) in [5, 5.41) is 18.2. The maximum atomic E-state index is 10.3. The molecule has 88 valence electrons. The van der Waals surface area contributed by atoms with E-state index in [1.165, 1.54) is 6.07 Å². The summed E-state index contributed by atoms with van der Waals surface area (Å²) >= 11 is 0. The van der Waals surface area contributed by atoms with E-state index in [0.29, 0.717) is 5.75 Å². The van der Waals surface area contributed by atoms with E-state index in [4.69, 9.17) is 9.84 Å². The highest BCUT2D eigenvalue weighted by Gasteiger charge is 2.18. The molecule has 0 atom stereocenters. The van der Waals surface area contributed by atoms with Gasteiger partial charge in [0.05, 0.1) is 0 Å². The van der Waals surface area contributed by atoms with E-state index in [0.717, 1.165) is 5.56 Å². The van der Waals surface area contributed by atoms with E-state index in [9.17, 15) is 9.90 Å². The Labute approximate surface area is 94.5 Å². The molecule has 0 spiro atoms. The standard InChI is InChI=1S/C12H16O4/c1-12(2,3)9-6-8(4-5-10(9)13)16-7-11(14)15/h4-6,13H,7H2,1-3H3,(H,14,15). The van der Waals surface area contributed by atoms with Crippen molar-refractivity contribution in [3.05, 3.63) is 23.8 Å². The highest BCUT2D eigenvalue weighted by Crippen LogP contribution is 2.33. The van der Waals surface area contributed by atoms with Crippen molar-refractivity contribution < 1.29 is 19.7 Å². The normalized spacial score (nSPS) is 11.2. The van der Waals surface area contributed by atoms with Gasteiger partial charge in [0, 0.05) is 5.56 Å². The maximum absolute atomic E-state index is 10.3. The Morgan fingerprint density at radius 2 is 2.00 bits per heavy atom. The number of benzene rings is 1. The van der Waals surface area contributed by atoms with Crippen LogP contribution in [0.2, 0.25) is 0 Å². The van der Waals surface area contributed by atoms with E-state index >= 15 is 0 Å². The van der Waals surface area contributed by atoms with Gasteiger partial charge in [0.2, 0.25) is 0 Å². The molecular weight excluding hydrogens is 208 g/mol. The molecule has 0 aliphatic rings. The number of ether oxygens (including phenoxy) is 1. The van der Waals surface area contributed by atoms with Crippen LogP contribution >= 0.6 is 0 Å². The van der Waals surface area contributed by atoms with Crippen molar-refractivity contribution in [3.63, 3.8) is 0 Å². The Morgan fingerprint density at radius 1 is 1.38 bits per heavy atom. The van der Waals surface area contributed by atoms with Gasteiger partial charge in [-0.3, -0.25) is 0 Å². The number of aromatic hydroxyl groups is 1. The van der Waals surface area contributed by atoms with Crippen molar-refractivity contribution >= 4 is 5.97 Å². The van der Waals surface area contributed by atoms with Crippen molar-refractivity contribution in [3.8, 4) is 11.5 Å². The van der Waals surface area contributed by atoms with Gasteiger partial charge in [0.1, 0.15) is 11.5 Å². The van der Waals surface area contributed by atoms with Crippen LogP contribution in [0.1, 0.15) is 26.3 Å². The molecule has 2 N–H and O–H groups in total. The van der Waals surface area contributed by atoms with E-state index in [1.807, 2.05) is 20.8 Å². The van der Waals surface area contributed by atoms with Gasteiger partial charge < -0.3 is 14.9 Å². The van der Waals surface area contributed by atoms with Crippen LogP contribution in [0.25, 0.3) is 0 Å². The van der Waals surface area contributed by atoms with Crippen LogP contribution < -0.4 is 4.74 Å². The van der Waals surface area contributed by atoms with Gasteiger partial charge in [0.25, 0.3) is 0 Å². The monoisotopic (exact) mass is 224 g/mol. The molecular formula is C12H16O4. The predicted octanol–water partition coefficient (Wildman–Crippen LogP) is 2.15. The average Bonchev–Trinajstić information content (AvgIpc) is 2.14. The lowest BCUT2D eigenvalue weighted by Crippen LogP contribution is -2.13. The first-order chi connectivity index (χ1) is 7.30. The Balaban J connectivity index is 2.94. The van der Waals surface area contributed by atoms with E-state index in [-0.39, 0.29) is 17.8 Å². The van der Waals surface area contributed by atoms with Gasteiger partial charge in [-0.25, -0.2) is 4.79 Å². The zero-order valence-corrected chi connectivity index (χ0v) is 9.65. The first-order valence-corrected chi connectivity index (χ1v) is 4.99. The molecule has 0 fully saturated rings.